The first-order chi connectivity index (χ1) is 14.3. The number of nitrogens with zero attached hydrogens (tertiary/aromatic N) is 5. The summed E-state index contributed by atoms with van der Waals surface area (Å²) in [5, 5.41) is 9.24. The predicted molar refractivity (Wildman–Crippen MR) is 116 cm³/mol. The number of benzene rings is 1. The molecule has 0 fully saturated rings. The molecule has 0 amide bonds. The van der Waals surface area contributed by atoms with Crippen LogP contribution in [0.25, 0.3) is 16.9 Å². The second kappa shape index (κ2) is 7.28. The molecule has 0 aliphatic carbocycles. The first kappa shape index (κ1) is 20.2. The Labute approximate surface area is 173 Å². The van der Waals surface area contributed by atoms with Gasteiger partial charge < -0.3 is 9.67 Å². The SMILES string of the molecule is Cc1ccc(C)c(Cn2c(=O)c3c(nc4n(CCCO)c(C)c(C)n34)n(C)c2=O)c1. The van der Waals surface area contributed by atoms with Gasteiger partial charge in [-0.25, -0.2) is 4.79 Å². The number of imidazole rings is 2. The molecule has 0 saturated carbocycles. The lowest BCUT2D eigenvalue weighted by Crippen LogP contribution is -2.39. The van der Waals surface area contributed by atoms with Gasteiger partial charge in [-0.05, 0) is 45.2 Å². The van der Waals surface area contributed by atoms with Crippen LogP contribution in [0.4, 0.5) is 0 Å². The summed E-state index contributed by atoms with van der Waals surface area (Å²) in [5.41, 5.74) is 5.01. The summed E-state index contributed by atoms with van der Waals surface area (Å²) >= 11 is 0. The molecule has 4 rings (SSSR count). The van der Waals surface area contributed by atoms with Gasteiger partial charge >= 0.3 is 5.69 Å². The Hall–Kier alpha value is -3.13. The lowest BCUT2D eigenvalue weighted by atomic mass is 10.1. The van der Waals surface area contributed by atoms with Crippen LogP contribution in [0.2, 0.25) is 0 Å². The van der Waals surface area contributed by atoms with Crippen molar-refractivity contribution in [3.63, 3.8) is 0 Å². The van der Waals surface area contributed by atoms with Crippen molar-refractivity contribution in [1.29, 1.82) is 0 Å². The van der Waals surface area contributed by atoms with Gasteiger partial charge in [0, 0.05) is 31.6 Å². The van der Waals surface area contributed by atoms with Crippen molar-refractivity contribution in [2.45, 2.75) is 47.2 Å². The number of aliphatic hydroxyl groups excluding tert-OH is 1. The van der Waals surface area contributed by atoms with Crippen LogP contribution in [0, 0.1) is 27.7 Å². The van der Waals surface area contributed by atoms with Crippen molar-refractivity contribution in [2.75, 3.05) is 6.61 Å². The molecule has 0 atom stereocenters. The summed E-state index contributed by atoms with van der Waals surface area (Å²) in [6, 6.07) is 6.04. The minimum atomic E-state index is -0.384. The standard InChI is InChI=1S/C22H27N5O3/c1-13-7-8-14(2)17(11-13)12-26-20(29)18-19(24(5)22(26)30)23-21-25(9-6-10-28)15(3)16(4)27(18)21/h7-8,11,28H,6,9-10,12H2,1-5H3. The summed E-state index contributed by atoms with van der Waals surface area (Å²) in [6.07, 6.45) is 0.587. The minimum Gasteiger partial charge on any atom is -0.396 e. The number of fused-ring (bicyclic) bond motifs is 3. The van der Waals surface area contributed by atoms with E-state index in [4.69, 9.17) is 0 Å². The van der Waals surface area contributed by atoms with Gasteiger partial charge in [0.15, 0.2) is 11.2 Å². The van der Waals surface area contributed by atoms with Gasteiger partial charge in [-0.3, -0.25) is 18.3 Å². The fourth-order valence-electron chi connectivity index (χ4n) is 4.09. The van der Waals surface area contributed by atoms with E-state index in [-0.39, 0.29) is 24.4 Å². The third-order valence-corrected chi connectivity index (χ3v) is 6.00. The predicted octanol–water partition coefficient (Wildman–Crippen LogP) is 1.81. The van der Waals surface area contributed by atoms with Gasteiger partial charge in [0.1, 0.15) is 0 Å². The van der Waals surface area contributed by atoms with Crippen molar-refractivity contribution in [3.05, 3.63) is 67.1 Å². The van der Waals surface area contributed by atoms with Gasteiger partial charge in [0.25, 0.3) is 5.56 Å². The van der Waals surface area contributed by atoms with Gasteiger partial charge in [-0.1, -0.05) is 23.8 Å². The normalized spacial score (nSPS) is 11.8. The molecule has 158 valence electrons. The van der Waals surface area contributed by atoms with E-state index >= 15 is 0 Å². The molecule has 0 spiro atoms. The zero-order valence-electron chi connectivity index (χ0n) is 18.1. The second-order valence-corrected chi connectivity index (χ2v) is 7.98. The Morgan fingerprint density at radius 2 is 1.77 bits per heavy atom. The Morgan fingerprint density at radius 1 is 1.03 bits per heavy atom. The molecule has 3 heterocycles. The molecular formula is C22H27N5O3. The smallest absolute Gasteiger partial charge is 0.332 e. The molecule has 0 saturated heterocycles. The Morgan fingerprint density at radius 3 is 2.47 bits per heavy atom. The molecule has 4 aromatic rings. The minimum absolute atomic E-state index is 0.0736. The number of rotatable bonds is 5. The lowest BCUT2D eigenvalue weighted by molar-refractivity contribution is 0.280. The van der Waals surface area contributed by atoms with E-state index in [1.807, 2.05) is 54.9 Å². The molecule has 1 N–H and O–H groups in total. The Kier molecular flexibility index (Phi) is 4.89. The maximum absolute atomic E-state index is 13.5. The Bertz CT molecular complexity index is 1400. The average Bonchev–Trinajstić information content (AvgIpc) is 3.21. The number of hydrogen-bond donors (Lipinski definition) is 1. The van der Waals surface area contributed by atoms with Gasteiger partial charge in [-0.2, -0.15) is 4.98 Å². The van der Waals surface area contributed by atoms with Crippen LogP contribution in [-0.2, 0) is 20.1 Å². The van der Waals surface area contributed by atoms with E-state index in [0.29, 0.717) is 29.9 Å². The van der Waals surface area contributed by atoms with Crippen molar-refractivity contribution in [1.82, 2.24) is 23.1 Å². The average molecular weight is 409 g/mol. The molecule has 8 heteroatoms. The van der Waals surface area contributed by atoms with Crippen molar-refractivity contribution >= 4 is 16.9 Å². The van der Waals surface area contributed by atoms with E-state index in [1.165, 1.54) is 9.13 Å². The summed E-state index contributed by atoms with van der Waals surface area (Å²) in [4.78, 5) is 31.2. The molecule has 0 aliphatic rings. The summed E-state index contributed by atoms with van der Waals surface area (Å²) < 4.78 is 6.56. The van der Waals surface area contributed by atoms with Gasteiger partial charge in [-0.15, -0.1) is 0 Å². The van der Waals surface area contributed by atoms with Crippen LogP contribution < -0.4 is 11.2 Å². The van der Waals surface area contributed by atoms with E-state index in [1.54, 1.807) is 7.05 Å². The van der Waals surface area contributed by atoms with E-state index < -0.39 is 0 Å². The van der Waals surface area contributed by atoms with E-state index in [0.717, 1.165) is 28.1 Å². The largest absolute Gasteiger partial charge is 0.396 e. The quantitative estimate of drug-likeness (QED) is 0.545. The van der Waals surface area contributed by atoms with Crippen LogP contribution >= 0.6 is 0 Å². The molecule has 0 unspecified atom stereocenters. The van der Waals surface area contributed by atoms with Crippen molar-refractivity contribution in [2.24, 2.45) is 7.05 Å². The highest BCUT2D eigenvalue weighted by Crippen LogP contribution is 2.21. The number of aliphatic hydroxyl groups is 1. The molecule has 1 aromatic carbocycles. The zero-order valence-corrected chi connectivity index (χ0v) is 18.1. The molecule has 30 heavy (non-hydrogen) atoms. The Balaban J connectivity index is 2.02. The number of hydrogen-bond acceptors (Lipinski definition) is 4. The molecular weight excluding hydrogens is 382 g/mol. The van der Waals surface area contributed by atoms with Crippen LogP contribution in [0.1, 0.15) is 34.5 Å². The van der Waals surface area contributed by atoms with Crippen LogP contribution in [0.5, 0.6) is 0 Å². The topological polar surface area (TPSA) is 86.5 Å². The summed E-state index contributed by atoms with van der Waals surface area (Å²) in [6.45, 7) is 8.77. The highest BCUT2D eigenvalue weighted by atomic mass is 16.3. The monoisotopic (exact) mass is 409 g/mol. The maximum Gasteiger partial charge on any atom is 0.332 e. The molecule has 8 nitrogen and oxygen atoms in total. The lowest BCUT2D eigenvalue weighted by Gasteiger charge is -2.11. The molecule has 3 aromatic heterocycles. The van der Waals surface area contributed by atoms with Crippen LogP contribution in [-0.4, -0.2) is 34.8 Å². The summed E-state index contributed by atoms with van der Waals surface area (Å²) in [5.74, 6) is 0.616. The fourth-order valence-corrected chi connectivity index (χ4v) is 4.09. The van der Waals surface area contributed by atoms with Crippen LogP contribution in [0.15, 0.2) is 27.8 Å². The second-order valence-electron chi connectivity index (χ2n) is 7.98. The van der Waals surface area contributed by atoms with Crippen LogP contribution in [0.3, 0.4) is 0 Å². The van der Waals surface area contributed by atoms with Gasteiger partial charge in [0.05, 0.1) is 6.54 Å². The third kappa shape index (κ3) is 2.90. The molecule has 0 aliphatic heterocycles. The maximum atomic E-state index is 13.5. The highest BCUT2D eigenvalue weighted by Gasteiger charge is 2.22. The first-order valence-corrected chi connectivity index (χ1v) is 10.1. The van der Waals surface area contributed by atoms with E-state index in [9.17, 15) is 14.7 Å². The first-order valence-electron chi connectivity index (χ1n) is 10.1. The van der Waals surface area contributed by atoms with Crippen molar-refractivity contribution < 1.29 is 5.11 Å². The van der Waals surface area contributed by atoms with Crippen molar-refractivity contribution in [3.8, 4) is 0 Å². The molecule has 0 radical (unpaired) electrons. The third-order valence-electron chi connectivity index (χ3n) is 6.00. The number of aromatic nitrogens is 5. The highest BCUT2D eigenvalue weighted by molar-refractivity contribution is 5.76. The van der Waals surface area contributed by atoms with E-state index in [2.05, 4.69) is 4.98 Å². The zero-order chi connectivity index (χ0) is 21.7. The summed E-state index contributed by atoms with van der Waals surface area (Å²) in [7, 11) is 1.65. The molecule has 0 bridgehead atoms. The fraction of sp³-hybridized carbons (Fsp3) is 0.409. The number of aryl methyl sites for hydroxylation is 5. The van der Waals surface area contributed by atoms with Gasteiger partial charge in [0.2, 0.25) is 5.78 Å².